The van der Waals surface area contributed by atoms with E-state index in [1.807, 2.05) is 25.5 Å². The lowest BCUT2D eigenvalue weighted by molar-refractivity contribution is -0.130. The number of aromatic nitrogens is 4. The maximum Gasteiger partial charge on any atom is 0.225 e. The van der Waals surface area contributed by atoms with Gasteiger partial charge in [-0.2, -0.15) is 0 Å². The van der Waals surface area contributed by atoms with Crippen molar-refractivity contribution >= 4 is 23.5 Å². The Kier molecular flexibility index (Phi) is 6.27. The van der Waals surface area contributed by atoms with Gasteiger partial charge in [0.1, 0.15) is 0 Å². The molecule has 1 saturated carbocycles. The second-order valence-corrected chi connectivity index (χ2v) is 9.77. The van der Waals surface area contributed by atoms with E-state index in [4.69, 9.17) is 16.6 Å². The third-order valence-electron chi connectivity index (χ3n) is 6.29. The molecule has 8 heteroatoms. The van der Waals surface area contributed by atoms with Crippen molar-refractivity contribution in [1.82, 2.24) is 24.8 Å². The zero-order valence-corrected chi connectivity index (χ0v) is 18.6. The summed E-state index contributed by atoms with van der Waals surface area (Å²) in [5.41, 5.74) is 1.79. The van der Waals surface area contributed by atoms with Crippen molar-refractivity contribution in [3.63, 3.8) is 0 Å². The summed E-state index contributed by atoms with van der Waals surface area (Å²) in [5, 5.41) is 6.81. The summed E-state index contributed by atoms with van der Waals surface area (Å²) in [5.74, 6) is 1.50. The Labute approximate surface area is 183 Å². The smallest absolute Gasteiger partial charge is 0.225 e. The van der Waals surface area contributed by atoms with Gasteiger partial charge in [-0.3, -0.25) is 4.79 Å². The first-order valence-electron chi connectivity index (χ1n) is 10.9. The third kappa shape index (κ3) is 4.61. The van der Waals surface area contributed by atoms with E-state index in [9.17, 15) is 4.79 Å². The minimum absolute atomic E-state index is 0.0718. The van der Waals surface area contributed by atoms with Gasteiger partial charge in [0, 0.05) is 30.2 Å². The summed E-state index contributed by atoms with van der Waals surface area (Å²) in [6, 6.07) is 2.10. The topological polar surface area (TPSA) is 84.7 Å². The molecule has 1 amide bonds. The molecular weight excluding hydrogens is 400 g/mol. The number of fused-ring (bicyclic) bond motifs is 1. The van der Waals surface area contributed by atoms with Gasteiger partial charge >= 0.3 is 0 Å². The summed E-state index contributed by atoms with van der Waals surface area (Å²) >= 11 is 6.38. The van der Waals surface area contributed by atoms with Crippen LogP contribution in [-0.2, 0) is 11.3 Å². The zero-order valence-electron chi connectivity index (χ0n) is 17.9. The van der Waals surface area contributed by atoms with E-state index in [0.29, 0.717) is 17.8 Å². The highest BCUT2D eigenvalue weighted by atomic mass is 35.5. The van der Waals surface area contributed by atoms with Crippen LogP contribution in [0, 0.1) is 17.8 Å². The second-order valence-electron chi connectivity index (χ2n) is 9.15. The molecule has 0 radical (unpaired) electrons. The Morgan fingerprint density at radius 3 is 2.93 bits per heavy atom. The molecule has 2 aliphatic rings. The van der Waals surface area contributed by atoms with Crippen LogP contribution in [0.3, 0.4) is 0 Å². The molecule has 2 aromatic rings. The highest BCUT2D eigenvalue weighted by Crippen LogP contribution is 2.36. The lowest BCUT2D eigenvalue weighted by Crippen LogP contribution is -2.55. The number of piperidine rings is 1. The number of rotatable bonds is 6. The second kappa shape index (κ2) is 8.92. The predicted octanol–water partition coefficient (Wildman–Crippen LogP) is 3.71. The molecular formula is C22H31ClN6O. The molecule has 2 aromatic heterocycles. The van der Waals surface area contributed by atoms with Gasteiger partial charge < -0.3 is 15.2 Å². The number of carbonyl (C=O) groups excluding carboxylic acids is 1. The molecule has 5 atom stereocenters. The van der Waals surface area contributed by atoms with Crippen LogP contribution >= 0.6 is 11.6 Å². The van der Waals surface area contributed by atoms with Gasteiger partial charge in [-0.1, -0.05) is 13.8 Å². The fourth-order valence-electron chi connectivity index (χ4n) is 4.76. The van der Waals surface area contributed by atoms with Crippen LogP contribution in [0.25, 0.3) is 11.4 Å². The van der Waals surface area contributed by atoms with Crippen molar-refractivity contribution < 1.29 is 4.79 Å². The minimum atomic E-state index is -0.119. The van der Waals surface area contributed by atoms with Crippen LogP contribution in [0.5, 0.6) is 0 Å². The van der Waals surface area contributed by atoms with Gasteiger partial charge in [0.25, 0.3) is 0 Å². The summed E-state index contributed by atoms with van der Waals surface area (Å²) in [6.45, 7) is 7.27. The average Bonchev–Trinajstić information content (AvgIpc) is 3.15. The van der Waals surface area contributed by atoms with Crippen LogP contribution in [0.4, 0.5) is 5.95 Å². The Hall–Kier alpha value is -2.15. The van der Waals surface area contributed by atoms with E-state index in [0.717, 1.165) is 43.6 Å². The molecule has 0 spiro atoms. The summed E-state index contributed by atoms with van der Waals surface area (Å²) in [4.78, 5) is 26.1. The third-order valence-corrected chi connectivity index (χ3v) is 6.69. The number of amides is 1. The molecule has 0 bridgehead atoms. The number of halogens is 1. The number of nitrogens with one attached hydrogen (secondary N) is 2. The molecule has 7 nitrogen and oxygen atoms in total. The maximum atomic E-state index is 12.7. The number of anilines is 1. The summed E-state index contributed by atoms with van der Waals surface area (Å²) in [7, 11) is 0. The first kappa shape index (κ1) is 21.1. The van der Waals surface area contributed by atoms with E-state index in [-0.39, 0.29) is 29.3 Å². The molecule has 2 fully saturated rings. The van der Waals surface area contributed by atoms with Gasteiger partial charge in [0.15, 0.2) is 0 Å². The van der Waals surface area contributed by atoms with Crippen molar-refractivity contribution in [3.8, 4) is 11.4 Å². The Morgan fingerprint density at radius 1 is 1.30 bits per heavy atom. The van der Waals surface area contributed by atoms with Crippen molar-refractivity contribution in [3.05, 3.63) is 24.8 Å². The fraction of sp³-hybridized carbons (Fsp3) is 0.636. The number of hydrogen-bond acceptors (Lipinski definition) is 5. The molecule has 4 unspecified atom stereocenters. The largest absolute Gasteiger partial charge is 0.353 e. The number of nitrogens with zero attached hydrogens (tertiary/aromatic N) is 4. The number of alkyl halides is 1. The van der Waals surface area contributed by atoms with Crippen LogP contribution < -0.4 is 10.6 Å². The molecule has 2 N–H and O–H groups in total. The molecule has 0 aromatic carbocycles. The quantitative estimate of drug-likeness (QED) is 0.682. The van der Waals surface area contributed by atoms with E-state index in [1.165, 1.54) is 0 Å². The van der Waals surface area contributed by atoms with E-state index in [2.05, 4.69) is 39.0 Å². The lowest BCUT2D eigenvalue weighted by atomic mass is 9.74. The molecule has 4 rings (SSSR count). The van der Waals surface area contributed by atoms with Crippen molar-refractivity contribution in [2.24, 2.45) is 17.8 Å². The minimum Gasteiger partial charge on any atom is -0.353 e. The molecule has 3 heterocycles. The van der Waals surface area contributed by atoms with Crippen LogP contribution in [0.1, 0.15) is 46.5 Å². The normalized spacial score (nSPS) is 27.4. The number of hydrogen-bond donors (Lipinski definition) is 2. The van der Waals surface area contributed by atoms with Gasteiger partial charge in [-0.25, -0.2) is 15.0 Å². The van der Waals surface area contributed by atoms with Crippen molar-refractivity contribution in [2.75, 3.05) is 5.32 Å². The predicted molar refractivity (Wildman–Crippen MR) is 118 cm³/mol. The maximum absolute atomic E-state index is 12.7. The number of carbonyl (C=O) groups is 1. The van der Waals surface area contributed by atoms with Crippen LogP contribution in [0.15, 0.2) is 24.8 Å². The summed E-state index contributed by atoms with van der Waals surface area (Å²) < 4.78 is 2.11. The highest BCUT2D eigenvalue weighted by Gasteiger charge is 2.41. The van der Waals surface area contributed by atoms with Gasteiger partial charge in [-0.15, -0.1) is 11.6 Å². The molecule has 1 aliphatic carbocycles. The van der Waals surface area contributed by atoms with Crippen molar-refractivity contribution in [1.29, 1.82) is 0 Å². The lowest BCUT2D eigenvalue weighted by Gasteiger charge is -2.42. The number of imidazole rings is 1. The average molecular weight is 431 g/mol. The Morgan fingerprint density at radius 2 is 2.13 bits per heavy atom. The highest BCUT2D eigenvalue weighted by molar-refractivity contribution is 6.20. The molecule has 162 valence electrons. The first-order chi connectivity index (χ1) is 14.4. The van der Waals surface area contributed by atoms with E-state index in [1.54, 1.807) is 6.20 Å². The van der Waals surface area contributed by atoms with Crippen LogP contribution in [0.2, 0.25) is 0 Å². The van der Waals surface area contributed by atoms with Crippen LogP contribution in [-0.4, -0.2) is 42.9 Å². The van der Waals surface area contributed by atoms with Crippen molar-refractivity contribution in [2.45, 2.75) is 70.5 Å². The first-order valence-corrected chi connectivity index (χ1v) is 11.4. The Bertz CT molecular complexity index is 884. The molecule has 1 saturated heterocycles. The summed E-state index contributed by atoms with van der Waals surface area (Å²) in [6.07, 6.45) is 9.21. The standard InChI is InChI=1S/C22H31ClN6O/c1-13(2)11-29-12-24-10-20(29)19-6-7-25-22(28-19)26-14(3)17-9-15-8-16(23)4-5-18(15)27-21(17)30/h6-7,10,12-18H,4-5,8-9,11H2,1-3H3,(H,27,30)(H,25,26,28)/t14-,15?,16?,17?,18?/m0/s1. The fourth-order valence-corrected chi connectivity index (χ4v) is 5.11. The SMILES string of the molecule is CC(C)Cn1cncc1-c1ccnc(N[C@@H](C)C2CC3CC(Cl)CCC3NC2=O)n1. The molecule has 30 heavy (non-hydrogen) atoms. The Balaban J connectivity index is 1.46. The zero-order chi connectivity index (χ0) is 21.3. The van der Waals surface area contributed by atoms with Gasteiger partial charge in [-0.05, 0) is 50.5 Å². The van der Waals surface area contributed by atoms with Gasteiger partial charge in [0.2, 0.25) is 11.9 Å². The van der Waals surface area contributed by atoms with E-state index >= 15 is 0 Å². The van der Waals surface area contributed by atoms with Gasteiger partial charge in [0.05, 0.1) is 29.8 Å². The molecule has 1 aliphatic heterocycles. The monoisotopic (exact) mass is 430 g/mol. The van der Waals surface area contributed by atoms with E-state index < -0.39 is 0 Å².